The first-order valence-corrected chi connectivity index (χ1v) is 11.7. The van der Waals surface area contributed by atoms with Crippen LogP contribution < -0.4 is 5.32 Å². The molecule has 1 amide bonds. The lowest BCUT2D eigenvalue weighted by atomic mass is 9.99. The lowest BCUT2D eigenvalue weighted by molar-refractivity contribution is -0.145. The number of hydrogen-bond acceptors (Lipinski definition) is 4. The number of carbonyl (C=O) groups excluding carboxylic acids is 2. The van der Waals surface area contributed by atoms with E-state index < -0.39 is 23.7 Å². The maximum Gasteiger partial charge on any atom is 0.328 e. The van der Waals surface area contributed by atoms with E-state index in [4.69, 9.17) is 4.74 Å². The minimum atomic E-state index is -0.900. The van der Waals surface area contributed by atoms with Crippen LogP contribution in [0, 0.1) is 5.82 Å². The summed E-state index contributed by atoms with van der Waals surface area (Å²) < 4.78 is 18.5. The van der Waals surface area contributed by atoms with Gasteiger partial charge >= 0.3 is 5.97 Å². The molecular formula is C30H26FNO4. The summed E-state index contributed by atoms with van der Waals surface area (Å²) in [6.45, 7) is 1.90. The van der Waals surface area contributed by atoms with Gasteiger partial charge in [-0.1, -0.05) is 66.7 Å². The van der Waals surface area contributed by atoms with Gasteiger partial charge in [0, 0.05) is 17.5 Å². The standard InChI is InChI=1S/C30H26FNO4/c1-2-36-30(35)27(18-20-8-10-22(11-9-20)21-6-4-3-5-7-21)32-29(34)24-14-17-28(33)26(19-24)23-12-15-25(31)16-13-23/h3-17,19,27,33H,2,18H2,1H3,(H,32,34). The third kappa shape index (κ3) is 5.96. The fourth-order valence-corrected chi connectivity index (χ4v) is 3.92. The molecule has 0 saturated carbocycles. The summed E-state index contributed by atoms with van der Waals surface area (Å²) in [5.41, 5.74) is 4.19. The van der Waals surface area contributed by atoms with Crippen LogP contribution in [0.5, 0.6) is 5.75 Å². The molecule has 0 aromatic heterocycles. The first-order valence-electron chi connectivity index (χ1n) is 11.7. The molecule has 1 unspecified atom stereocenters. The summed E-state index contributed by atoms with van der Waals surface area (Å²) in [6, 6.07) is 26.8. The normalized spacial score (nSPS) is 11.5. The summed E-state index contributed by atoms with van der Waals surface area (Å²) in [4.78, 5) is 25.7. The molecule has 182 valence electrons. The minimum Gasteiger partial charge on any atom is -0.507 e. The molecule has 2 N–H and O–H groups in total. The van der Waals surface area contributed by atoms with Crippen molar-refractivity contribution in [3.63, 3.8) is 0 Å². The number of esters is 1. The number of amides is 1. The van der Waals surface area contributed by atoms with Crippen molar-refractivity contribution in [1.29, 1.82) is 0 Å². The monoisotopic (exact) mass is 483 g/mol. The van der Waals surface area contributed by atoms with Crippen molar-refractivity contribution < 1.29 is 23.8 Å². The van der Waals surface area contributed by atoms with Crippen LogP contribution in [-0.4, -0.2) is 29.6 Å². The van der Waals surface area contributed by atoms with E-state index in [1.807, 2.05) is 54.6 Å². The van der Waals surface area contributed by atoms with Crippen LogP contribution in [0.2, 0.25) is 0 Å². The zero-order chi connectivity index (χ0) is 25.5. The Bertz CT molecular complexity index is 1340. The van der Waals surface area contributed by atoms with Crippen molar-refractivity contribution in [2.24, 2.45) is 0 Å². The van der Waals surface area contributed by atoms with Crippen LogP contribution in [0.15, 0.2) is 97.1 Å². The number of rotatable bonds is 8. The van der Waals surface area contributed by atoms with Crippen LogP contribution in [0.25, 0.3) is 22.3 Å². The van der Waals surface area contributed by atoms with E-state index in [1.54, 1.807) is 6.92 Å². The Labute approximate surface area is 209 Å². The Balaban J connectivity index is 1.53. The molecule has 5 nitrogen and oxygen atoms in total. The number of carbonyl (C=O) groups is 2. The molecule has 0 radical (unpaired) electrons. The molecule has 4 aromatic rings. The Morgan fingerprint density at radius 1 is 0.861 bits per heavy atom. The van der Waals surface area contributed by atoms with E-state index in [2.05, 4.69) is 5.32 Å². The highest BCUT2D eigenvalue weighted by atomic mass is 19.1. The van der Waals surface area contributed by atoms with E-state index in [0.717, 1.165) is 16.7 Å². The van der Waals surface area contributed by atoms with Crippen molar-refractivity contribution in [2.75, 3.05) is 6.61 Å². The number of phenolic OH excluding ortho intramolecular Hbond substituents is 1. The third-order valence-corrected chi connectivity index (χ3v) is 5.79. The molecule has 0 bridgehead atoms. The Kier molecular flexibility index (Phi) is 7.75. The van der Waals surface area contributed by atoms with E-state index >= 15 is 0 Å². The van der Waals surface area contributed by atoms with Crippen LogP contribution in [-0.2, 0) is 16.0 Å². The predicted octanol–water partition coefficient (Wildman–Crippen LogP) is 5.77. The molecule has 0 aliphatic heterocycles. The predicted molar refractivity (Wildman–Crippen MR) is 137 cm³/mol. The maximum atomic E-state index is 13.3. The van der Waals surface area contributed by atoms with Gasteiger partial charge in [-0.15, -0.1) is 0 Å². The molecule has 4 aromatic carbocycles. The lowest BCUT2D eigenvalue weighted by Crippen LogP contribution is -2.43. The van der Waals surface area contributed by atoms with E-state index in [9.17, 15) is 19.1 Å². The molecule has 0 aliphatic rings. The number of aromatic hydroxyl groups is 1. The van der Waals surface area contributed by atoms with E-state index in [1.165, 1.54) is 42.5 Å². The summed E-state index contributed by atoms with van der Waals surface area (Å²) in [7, 11) is 0. The van der Waals surface area contributed by atoms with Crippen LogP contribution in [0.3, 0.4) is 0 Å². The van der Waals surface area contributed by atoms with Gasteiger partial charge in [0.1, 0.15) is 17.6 Å². The van der Waals surface area contributed by atoms with Crippen LogP contribution in [0.1, 0.15) is 22.8 Å². The van der Waals surface area contributed by atoms with Gasteiger partial charge in [-0.3, -0.25) is 4.79 Å². The number of hydrogen-bond donors (Lipinski definition) is 2. The fraction of sp³-hybridized carbons (Fsp3) is 0.133. The number of nitrogens with one attached hydrogen (secondary N) is 1. The first-order chi connectivity index (χ1) is 17.4. The van der Waals surface area contributed by atoms with Crippen LogP contribution >= 0.6 is 0 Å². The smallest absolute Gasteiger partial charge is 0.328 e. The molecule has 1 atom stereocenters. The number of halogens is 1. The lowest BCUT2D eigenvalue weighted by Gasteiger charge is -2.18. The summed E-state index contributed by atoms with van der Waals surface area (Å²) in [6.07, 6.45) is 0.253. The highest BCUT2D eigenvalue weighted by Gasteiger charge is 2.24. The van der Waals surface area contributed by atoms with Gasteiger partial charge < -0.3 is 15.2 Å². The third-order valence-electron chi connectivity index (χ3n) is 5.79. The molecular weight excluding hydrogens is 457 g/mol. The largest absolute Gasteiger partial charge is 0.507 e. The van der Waals surface area contributed by atoms with Gasteiger partial charge in [-0.05, 0) is 59.5 Å². The zero-order valence-electron chi connectivity index (χ0n) is 19.8. The average molecular weight is 484 g/mol. The number of ether oxygens (including phenoxy) is 1. The van der Waals surface area contributed by atoms with Crippen molar-refractivity contribution in [3.05, 3.63) is 114 Å². The molecule has 0 fully saturated rings. The van der Waals surface area contributed by atoms with Crippen molar-refractivity contribution in [1.82, 2.24) is 5.32 Å². The Hall–Kier alpha value is -4.45. The molecule has 4 rings (SSSR count). The SMILES string of the molecule is CCOC(=O)C(Cc1ccc(-c2ccccc2)cc1)NC(=O)c1ccc(O)c(-c2ccc(F)cc2)c1. The summed E-state index contributed by atoms with van der Waals surface area (Å²) >= 11 is 0. The van der Waals surface area contributed by atoms with Gasteiger partial charge in [0.15, 0.2) is 0 Å². The second-order valence-electron chi connectivity index (χ2n) is 8.28. The zero-order valence-corrected chi connectivity index (χ0v) is 19.8. The van der Waals surface area contributed by atoms with Gasteiger partial charge in [-0.2, -0.15) is 0 Å². The van der Waals surface area contributed by atoms with Gasteiger partial charge in [0.05, 0.1) is 6.61 Å². The van der Waals surface area contributed by atoms with E-state index in [0.29, 0.717) is 11.1 Å². The second-order valence-corrected chi connectivity index (χ2v) is 8.28. The highest BCUT2D eigenvalue weighted by molar-refractivity contribution is 5.98. The molecule has 0 saturated heterocycles. The van der Waals surface area contributed by atoms with Crippen molar-refractivity contribution in [3.8, 4) is 28.0 Å². The maximum absolute atomic E-state index is 13.3. The Morgan fingerprint density at radius 3 is 2.17 bits per heavy atom. The molecule has 0 heterocycles. The molecule has 6 heteroatoms. The van der Waals surface area contributed by atoms with Gasteiger partial charge in [0.25, 0.3) is 5.91 Å². The van der Waals surface area contributed by atoms with Gasteiger partial charge in [-0.25, -0.2) is 9.18 Å². The number of phenols is 1. The summed E-state index contributed by atoms with van der Waals surface area (Å²) in [5.74, 6) is -1.47. The van der Waals surface area contributed by atoms with Gasteiger partial charge in [0.2, 0.25) is 0 Å². The minimum absolute atomic E-state index is 0.0430. The molecule has 0 aliphatic carbocycles. The quantitative estimate of drug-likeness (QED) is 0.312. The number of benzene rings is 4. The van der Waals surface area contributed by atoms with E-state index in [-0.39, 0.29) is 24.3 Å². The highest BCUT2D eigenvalue weighted by Crippen LogP contribution is 2.30. The first kappa shape index (κ1) is 24.7. The van der Waals surface area contributed by atoms with Crippen LogP contribution in [0.4, 0.5) is 4.39 Å². The molecule has 36 heavy (non-hydrogen) atoms. The van der Waals surface area contributed by atoms with Crippen molar-refractivity contribution >= 4 is 11.9 Å². The fourth-order valence-electron chi connectivity index (χ4n) is 3.92. The second kappa shape index (κ2) is 11.3. The topological polar surface area (TPSA) is 75.6 Å². The van der Waals surface area contributed by atoms with Crippen molar-refractivity contribution in [2.45, 2.75) is 19.4 Å². The Morgan fingerprint density at radius 2 is 1.50 bits per heavy atom. The average Bonchev–Trinajstić information content (AvgIpc) is 2.90. The summed E-state index contributed by atoms with van der Waals surface area (Å²) in [5, 5.41) is 13.0. The molecule has 0 spiro atoms.